The average molecular weight is 149 g/mol. The predicted molar refractivity (Wildman–Crippen MR) is 35.3 cm³/mol. The van der Waals surface area contributed by atoms with E-state index in [1.54, 1.807) is 0 Å². The largest absolute Gasteiger partial charge is 1.00 e. The van der Waals surface area contributed by atoms with Gasteiger partial charge in [-0.05, 0) is 11.4 Å². The summed E-state index contributed by atoms with van der Waals surface area (Å²) in [5.74, 6) is 0. The standard InChI is InChI=1S/C5H5NOS.Na/c7-6-4-5-2-1-3-8-5;/h1-4,7H;/q;+1/p-1/b6-4-;. The molecule has 2 nitrogen and oxygen atoms in total. The molecule has 0 atom stereocenters. The van der Waals surface area contributed by atoms with Crippen LogP contribution in [0.4, 0.5) is 0 Å². The minimum Gasteiger partial charge on any atom is -0.792 e. The second-order valence-electron chi connectivity index (χ2n) is 1.25. The Balaban J connectivity index is 0.000000640. The summed E-state index contributed by atoms with van der Waals surface area (Å²) in [4.78, 5) is 0.903. The topological polar surface area (TPSA) is 35.4 Å². The fourth-order valence-electron chi connectivity index (χ4n) is 0.417. The maximum absolute atomic E-state index is 9.57. The first kappa shape index (κ1) is 9.17. The van der Waals surface area contributed by atoms with E-state index < -0.39 is 0 Å². The van der Waals surface area contributed by atoms with E-state index in [0.717, 1.165) is 4.88 Å². The molecule has 1 heterocycles. The molecule has 1 rings (SSSR count). The van der Waals surface area contributed by atoms with Gasteiger partial charge in [-0.1, -0.05) is 6.07 Å². The Hall–Kier alpha value is 0.170. The van der Waals surface area contributed by atoms with Crippen molar-refractivity contribution in [3.05, 3.63) is 27.6 Å². The SMILES string of the molecule is [Na+].[O-]/N=C\c1cccs1. The smallest absolute Gasteiger partial charge is 0.792 e. The van der Waals surface area contributed by atoms with E-state index in [4.69, 9.17) is 0 Å². The Morgan fingerprint density at radius 1 is 1.67 bits per heavy atom. The van der Waals surface area contributed by atoms with Gasteiger partial charge < -0.3 is 10.4 Å². The minimum atomic E-state index is 0. The molecule has 0 amide bonds. The summed E-state index contributed by atoms with van der Waals surface area (Å²) >= 11 is 1.50. The number of thiophene rings is 1. The molecule has 0 aliphatic heterocycles. The molecule has 42 valence electrons. The zero-order valence-electron chi connectivity index (χ0n) is 5.07. The van der Waals surface area contributed by atoms with E-state index in [0.29, 0.717) is 0 Å². The third-order valence-electron chi connectivity index (χ3n) is 0.723. The first-order chi connectivity index (χ1) is 3.93. The zero-order valence-corrected chi connectivity index (χ0v) is 7.89. The third kappa shape index (κ3) is 3.01. The van der Waals surface area contributed by atoms with Crippen molar-refractivity contribution in [3.8, 4) is 0 Å². The molecule has 0 radical (unpaired) electrons. The minimum absolute atomic E-state index is 0. The van der Waals surface area contributed by atoms with Crippen molar-refractivity contribution in [2.45, 2.75) is 0 Å². The molecule has 9 heavy (non-hydrogen) atoms. The van der Waals surface area contributed by atoms with Crippen LogP contribution in [0.15, 0.2) is 22.7 Å². The molecule has 0 spiro atoms. The summed E-state index contributed by atoms with van der Waals surface area (Å²) in [6, 6.07) is 3.72. The van der Waals surface area contributed by atoms with E-state index in [9.17, 15) is 5.21 Å². The Morgan fingerprint density at radius 2 is 2.44 bits per heavy atom. The monoisotopic (exact) mass is 149 g/mol. The first-order valence-electron chi connectivity index (χ1n) is 2.12. The Kier molecular flexibility index (Phi) is 5.09. The molecule has 4 heteroatoms. The number of hydrogen-bond acceptors (Lipinski definition) is 3. The van der Waals surface area contributed by atoms with Crippen molar-refractivity contribution in [1.82, 2.24) is 0 Å². The first-order valence-corrected chi connectivity index (χ1v) is 3.00. The fourth-order valence-corrected chi connectivity index (χ4v) is 0.992. The second-order valence-corrected chi connectivity index (χ2v) is 2.23. The van der Waals surface area contributed by atoms with Crippen molar-refractivity contribution in [2.24, 2.45) is 5.16 Å². The average Bonchev–Trinajstić information content (AvgIpc) is 2.19. The Morgan fingerprint density at radius 3 is 2.89 bits per heavy atom. The van der Waals surface area contributed by atoms with E-state index in [2.05, 4.69) is 5.16 Å². The number of rotatable bonds is 1. The van der Waals surface area contributed by atoms with Gasteiger partial charge in [0.25, 0.3) is 0 Å². The van der Waals surface area contributed by atoms with Crippen LogP contribution in [-0.2, 0) is 0 Å². The van der Waals surface area contributed by atoms with Gasteiger partial charge >= 0.3 is 29.6 Å². The van der Waals surface area contributed by atoms with Gasteiger partial charge in [0.1, 0.15) is 0 Å². The van der Waals surface area contributed by atoms with Crippen LogP contribution < -0.4 is 29.6 Å². The molecular weight excluding hydrogens is 145 g/mol. The molecule has 0 N–H and O–H groups in total. The molecule has 0 aliphatic carbocycles. The molecule has 1 aromatic rings. The van der Waals surface area contributed by atoms with Crippen LogP contribution in [0.3, 0.4) is 0 Å². The summed E-state index contributed by atoms with van der Waals surface area (Å²) in [6.07, 6.45) is 1.30. The van der Waals surface area contributed by atoms with Gasteiger partial charge in [-0.3, -0.25) is 0 Å². The van der Waals surface area contributed by atoms with Crippen molar-refractivity contribution in [3.63, 3.8) is 0 Å². The summed E-state index contributed by atoms with van der Waals surface area (Å²) in [5, 5.41) is 14.1. The zero-order chi connectivity index (χ0) is 5.82. The molecule has 0 fully saturated rings. The van der Waals surface area contributed by atoms with Gasteiger partial charge in [-0.2, -0.15) is 0 Å². The van der Waals surface area contributed by atoms with Gasteiger partial charge in [-0.15, -0.1) is 11.3 Å². The summed E-state index contributed by atoms with van der Waals surface area (Å²) in [5.41, 5.74) is 0. The number of hydrogen-bond donors (Lipinski definition) is 0. The van der Waals surface area contributed by atoms with Gasteiger partial charge in [-0.25, -0.2) is 0 Å². The Labute approximate surface area is 79.5 Å². The molecule has 0 saturated carbocycles. The van der Waals surface area contributed by atoms with Crippen molar-refractivity contribution >= 4 is 17.6 Å². The van der Waals surface area contributed by atoms with E-state index in [1.807, 2.05) is 17.5 Å². The number of nitrogens with zero attached hydrogens (tertiary/aromatic N) is 1. The van der Waals surface area contributed by atoms with E-state index in [1.165, 1.54) is 17.6 Å². The van der Waals surface area contributed by atoms with Crippen molar-refractivity contribution in [2.75, 3.05) is 0 Å². The maximum Gasteiger partial charge on any atom is 1.00 e. The fraction of sp³-hybridized carbons (Fsp3) is 0. The van der Waals surface area contributed by atoms with Crippen LogP contribution in [0.2, 0.25) is 0 Å². The maximum atomic E-state index is 9.57. The van der Waals surface area contributed by atoms with Crippen LogP contribution in [-0.4, -0.2) is 6.21 Å². The van der Waals surface area contributed by atoms with Gasteiger partial charge in [0.2, 0.25) is 0 Å². The van der Waals surface area contributed by atoms with Crippen LogP contribution in [0, 0.1) is 5.21 Å². The predicted octanol–water partition coefficient (Wildman–Crippen LogP) is -1.33. The third-order valence-corrected chi connectivity index (χ3v) is 1.53. The molecule has 0 saturated heterocycles. The molecule has 0 aliphatic rings. The molecule has 1 aromatic heterocycles. The van der Waals surface area contributed by atoms with E-state index in [-0.39, 0.29) is 29.6 Å². The van der Waals surface area contributed by atoms with Crippen LogP contribution in [0.5, 0.6) is 0 Å². The molecule has 0 unspecified atom stereocenters. The summed E-state index contributed by atoms with van der Waals surface area (Å²) < 4.78 is 0. The summed E-state index contributed by atoms with van der Waals surface area (Å²) in [6.45, 7) is 0. The van der Waals surface area contributed by atoms with Crippen LogP contribution in [0.1, 0.15) is 4.88 Å². The van der Waals surface area contributed by atoms with Crippen LogP contribution >= 0.6 is 11.3 Å². The van der Waals surface area contributed by atoms with E-state index >= 15 is 0 Å². The molecule has 0 bridgehead atoms. The van der Waals surface area contributed by atoms with Gasteiger partial charge in [0, 0.05) is 11.1 Å². The van der Waals surface area contributed by atoms with Crippen molar-refractivity contribution < 1.29 is 29.6 Å². The molecule has 0 aromatic carbocycles. The van der Waals surface area contributed by atoms with Crippen molar-refractivity contribution in [1.29, 1.82) is 0 Å². The van der Waals surface area contributed by atoms with Crippen LogP contribution in [0.25, 0.3) is 0 Å². The summed E-state index contributed by atoms with van der Waals surface area (Å²) in [7, 11) is 0. The molecular formula is C5H4NNaOS. The van der Waals surface area contributed by atoms with Gasteiger partial charge in [0.15, 0.2) is 0 Å². The van der Waals surface area contributed by atoms with Gasteiger partial charge in [0.05, 0.1) is 0 Å². The second kappa shape index (κ2) is 4.99. The Bertz CT molecular complexity index is 173. The normalized spacial score (nSPS) is 9.33. The quantitative estimate of drug-likeness (QED) is 0.277.